The second-order valence-corrected chi connectivity index (χ2v) is 7.90. The Morgan fingerprint density at radius 1 is 1.09 bits per heavy atom. The third kappa shape index (κ3) is 4.18. The first-order valence-electron chi connectivity index (χ1n) is 6.44. The van der Waals surface area contributed by atoms with Crippen molar-refractivity contribution in [1.29, 1.82) is 0 Å². The summed E-state index contributed by atoms with van der Waals surface area (Å²) in [4.78, 5) is 11.4. The molecule has 0 aliphatic carbocycles. The molecule has 122 valence electrons. The van der Waals surface area contributed by atoms with Gasteiger partial charge in [-0.3, -0.25) is 9.10 Å². The van der Waals surface area contributed by atoms with Crippen LogP contribution >= 0.6 is 34.8 Å². The Labute approximate surface area is 149 Å². The molecule has 0 spiro atoms. The van der Waals surface area contributed by atoms with Gasteiger partial charge in [-0.2, -0.15) is 0 Å². The molecule has 8 heteroatoms. The van der Waals surface area contributed by atoms with Gasteiger partial charge in [0.25, 0.3) is 10.0 Å². The van der Waals surface area contributed by atoms with E-state index in [1.54, 1.807) is 12.1 Å². The van der Waals surface area contributed by atoms with E-state index in [1.165, 1.54) is 30.3 Å². The monoisotopic (exact) mass is 391 g/mol. The van der Waals surface area contributed by atoms with Crippen molar-refractivity contribution < 1.29 is 13.2 Å². The number of hydrogen-bond donors (Lipinski definition) is 0. The lowest BCUT2D eigenvalue weighted by molar-refractivity contribution is -0.110. The maximum atomic E-state index is 12.8. The van der Waals surface area contributed by atoms with E-state index in [2.05, 4.69) is 0 Å². The van der Waals surface area contributed by atoms with Crippen LogP contribution < -0.4 is 4.31 Å². The molecule has 0 amide bonds. The molecule has 0 radical (unpaired) electrons. The summed E-state index contributed by atoms with van der Waals surface area (Å²) in [7, 11) is -4.00. The number of benzene rings is 2. The molecule has 0 unspecified atom stereocenters. The van der Waals surface area contributed by atoms with E-state index < -0.39 is 21.8 Å². The first-order valence-corrected chi connectivity index (χ1v) is 9.02. The van der Waals surface area contributed by atoms with Crippen molar-refractivity contribution in [1.82, 2.24) is 0 Å². The molecule has 2 rings (SSSR count). The molecular weight excluding hydrogens is 381 g/mol. The highest BCUT2D eigenvalue weighted by molar-refractivity contribution is 7.92. The fraction of sp³-hybridized carbons (Fsp3) is 0.133. The van der Waals surface area contributed by atoms with Gasteiger partial charge in [0.05, 0.1) is 15.6 Å². The number of carbonyl (C=O) groups is 1. The van der Waals surface area contributed by atoms with Crippen molar-refractivity contribution in [2.75, 3.05) is 10.8 Å². The third-order valence-corrected chi connectivity index (χ3v) is 5.49. The number of rotatable bonds is 5. The number of sulfonamides is 1. The van der Waals surface area contributed by atoms with E-state index in [9.17, 15) is 13.2 Å². The van der Waals surface area contributed by atoms with Gasteiger partial charge in [0.2, 0.25) is 5.24 Å². The highest BCUT2D eigenvalue weighted by Crippen LogP contribution is 2.32. The maximum absolute atomic E-state index is 12.8. The van der Waals surface area contributed by atoms with Crippen LogP contribution in [-0.2, 0) is 14.8 Å². The van der Waals surface area contributed by atoms with E-state index in [4.69, 9.17) is 34.8 Å². The molecule has 0 atom stereocenters. The maximum Gasteiger partial charge on any atom is 0.264 e. The van der Waals surface area contributed by atoms with Crippen LogP contribution in [0.4, 0.5) is 5.69 Å². The molecule has 0 fully saturated rings. The average molecular weight is 393 g/mol. The van der Waals surface area contributed by atoms with Crippen LogP contribution in [0.2, 0.25) is 10.0 Å². The van der Waals surface area contributed by atoms with Crippen LogP contribution in [0.25, 0.3) is 0 Å². The Bertz CT molecular complexity index is 836. The van der Waals surface area contributed by atoms with E-state index in [0.29, 0.717) is 5.02 Å². The predicted molar refractivity (Wildman–Crippen MR) is 93.0 cm³/mol. The predicted octanol–water partition coefficient (Wildman–Crippen LogP) is 4.26. The van der Waals surface area contributed by atoms with Crippen molar-refractivity contribution in [2.45, 2.75) is 11.8 Å². The molecule has 2 aromatic rings. The Morgan fingerprint density at radius 2 is 1.70 bits per heavy atom. The number of carbonyl (C=O) groups excluding carboxylic acids is 1. The number of aryl methyl sites for hydroxylation is 1. The molecule has 0 aromatic heterocycles. The van der Waals surface area contributed by atoms with Gasteiger partial charge >= 0.3 is 0 Å². The summed E-state index contributed by atoms with van der Waals surface area (Å²) in [6, 6.07) is 10.6. The topological polar surface area (TPSA) is 54.5 Å². The zero-order chi connectivity index (χ0) is 17.2. The molecule has 23 heavy (non-hydrogen) atoms. The fourth-order valence-corrected chi connectivity index (χ4v) is 4.12. The lowest BCUT2D eigenvalue weighted by atomic mass is 10.2. The molecule has 0 bridgehead atoms. The highest BCUT2D eigenvalue weighted by atomic mass is 35.5. The largest absolute Gasteiger partial charge is 0.279 e. The van der Waals surface area contributed by atoms with E-state index in [0.717, 1.165) is 9.87 Å². The summed E-state index contributed by atoms with van der Waals surface area (Å²) >= 11 is 17.3. The van der Waals surface area contributed by atoms with Crippen LogP contribution in [0.3, 0.4) is 0 Å². The molecule has 4 nitrogen and oxygen atoms in total. The van der Waals surface area contributed by atoms with Crippen molar-refractivity contribution in [3.8, 4) is 0 Å². The normalized spacial score (nSPS) is 11.3. The minimum absolute atomic E-state index is 0.0343. The van der Waals surface area contributed by atoms with Gasteiger partial charge in [-0.05, 0) is 48.9 Å². The van der Waals surface area contributed by atoms with Gasteiger partial charge < -0.3 is 0 Å². The number of anilines is 1. The lowest BCUT2D eigenvalue weighted by Gasteiger charge is -2.24. The standard InChI is InChI=1S/C15H12Cl3NO3S/c1-10-2-5-12(6-3-10)23(21,22)19(9-15(18)20)14-7-4-11(16)8-13(14)17/h2-8H,9H2,1H3. The summed E-state index contributed by atoms with van der Waals surface area (Å²) in [5.74, 6) is 0. The number of nitrogens with zero attached hydrogens (tertiary/aromatic N) is 1. The second-order valence-electron chi connectivity index (χ2n) is 4.78. The Morgan fingerprint density at radius 3 is 2.22 bits per heavy atom. The first kappa shape index (κ1) is 18.1. The third-order valence-electron chi connectivity index (χ3n) is 3.06. The lowest BCUT2D eigenvalue weighted by Crippen LogP contribution is -2.34. The first-order chi connectivity index (χ1) is 10.7. The second kappa shape index (κ2) is 7.09. The zero-order valence-corrected chi connectivity index (χ0v) is 15.0. The van der Waals surface area contributed by atoms with Gasteiger partial charge in [0, 0.05) is 5.02 Å². The van der Waals surface area contributed by atoms with E-state index >= 15 is 0 Å². The Balaban J connectivity index is 2.57. The fourth-order valence-electron chi connectivity index (χ4n) is 1.93. The molecule has 0 heterocycles. The molecule has 0 aliphatic heterocycles. The smallest absolute Gasteiger partial charge is 0.264 e. The summed E-state index contributed by atoms with van der Waals surface area (Å²) in [5.41, 5.74) is 1.04. The van der Waals surface area contributed by atoms with E-state index in [1.807, 2.05) is 6.92 Å². The van der Waals surface area contributed by atoms with Crippen LogP contribution in [0.15, 0.2) is 47.4 Å². The van der Waals surface area contributed by atoms with Gasteiger partial charge in [-0.15, -0.1) is 0 Å². The molecule has 0 aliphatic rings. The van der Waals surface area contributed by atoms with Gasteiger partial charge in [0.15, 0.2) is 0 Å². The summed E-state index contributed by atoms with van der Waals surface area (Å²) in [5, 5.41) is -0.374. The Kier molecular flexibility index (Phi) is 5.57. The van der Waals surface area contributed by atoms with Crippen molar-refractivity contribution in [3.05, 3.63) is 58.1 Å². The minimum Gasteiger partial charge on any atom is -0.279 e. The summed E-state index contributed by atoms with van der Waals surface area (Å²) in [6.45, 7) is 1.30. The quantitative estimate of drug-likeness (QED) is 0.714. The van der Waals surface area contributed by atoms with Crippen molar-refractivity contribution >= 4 is 55.8 Å². The van der Waals surface area contributed by atoms with Gasteiger partial charge in [-0.25, -0.2) is 8.42 Å². The molecular formula is C15H12Cl3NO3S. The van der Waals surface area contributed by atoms with Gasteiger partial charge in [0.1, 0.15) is 6.54 Å². The molecule has 2 aromatic carbocycles. The van der Waals surface area contributed by atoms with Crippen LogP contribution in [-0.4, -0.2) is 20.2 Å². The highest BCUT2D eigenvalue weighted by Gasteiger charge is 2.28. The molecule has 0 saturated carbocycles. The number of hydrogen-bond acceptors (Lipinski definition) is 3. The minimum atomic E-state index is -4.00. The molecule has 0 saturated heterocycles. The SMILES string of the molecule is Cc1ccc(S(=O)(=O)N(CC(=O)Cl)c2ccc(Cl)cc2Cl)cc1. The summed E-state index contributed by atoms with van der Waals surface area (Å²) < 4.78 is 26.5. The van der Waals surface area contributed by atoms with Crippen LogP contribution in [0.5, 0.6) is 0 Å². The molecule has 0 N–H and O–H groups in total. The van der Waals surface area contributed by atoms with Crippen molar-refractivity contribution in [2.24, 2.45) is 0 Å². The van der Waals surface area contributed by atoms with Crippen LogP contribution in [0.1, 0.15) is 5.56 Å². The van der Waals surface area contributed by atoms with Crippen molar-refractivity contribution in [3.63, 3.8) is 0 Å². The zero-order valence-electron chi connectivity index (χ0n) is 12.0. The van der Waals surface area contributed by atoms with E-state index in [-0.39, 0.29) is 15.6 Å². The Hall–Kier alpha value is -1.27. The number of halogens is 3. The average Bonchev–Trinajstić information content (AvgIpc) is 2.45. The summed E-state index contributed by atoms with van der Waals surface area (Å²) in [6.07, 6.45) is 0. The van der Waals surface area contributed by atoms with Crippen LogP contribution in [0, 0.1) is 6.92 Å². The van der Waals surface area contributed by atoms with Gasteiger partial charge in [-0.1, -0.05) is 40.9 Å².